The molecule has 0 aromatic heterocycles. The van der Waals surface area contributed by atoms with Gasteiger partial charge in [-0.1, -0.05) is 31.5 Å². The highest BCUT2D eigenvalue weighted by Crippen LogP contribution is 2.23. The van der Waals surface area contributed by atoms with Gasteiger partial charge in [-0.25, -0.2) is 0 Å². The Labute approximate surface area is 66.6 Å². The average molecular weight is 159 g/mol. The van der Waals surface area contributed by atoms with Gasteiger partial charge in [0.2, 0.25) is 0 Å². The van der Waals surface area contributed by atoms with Crippen molar-refractivity contribution in [3.63, 3.8) is 0 Å². The number of thiocarbonyl (C=S) groups is 1. The van der Waals surface area contributed by atoms with Crippen molar-refractivity contribution in [1.29, 1.82) is 0 Å². The average Bonchev–Trinajstić information content (AvgIpc) is 2.05. The lowest BCUT2D eigenvalue weighted by Gasteiger charge is -2.20. The molecule has 1 aliphatic rings. The normalized spacial score (nSPS) is 20.5. The summed E-state index contributed by atoms with van der Waals surface area (Å²) in [4.78, 5) is 0.625. The molecule has 0 radical (unpaired) electrons. The van der Waals surface area contributed by atoms with Crippen LogP contribution < -0.4 is 5.48 Å². The summed E-state index contributed by atoms with van der Waals surface area (Å²) in [6.07, 6.45) is 6.13. The second kappa shape index (κ2) is 3.88. The van der Waals surface area contributed by atoms with Crippen molar-refractivity contribution in [1.82, 2.24) is 5.48 Å². The highest BCUT2D eigenvalue weighted by atomic mass is 32.1. The van der Waals surface area contributed by atoms with E-state index in [9.17, 15) is 0 Å². The van der Waals surface area contributed by atoms with Crippen LogP contribution in [0.3, 0.4) is 0 Å². The van der Waals surface area contributed by atoms with Crippen LogP contribution in [0.5, 0.6) is 0 Å². The Morgan fingerprint density at radius 3 is 2.40 bits per heavy atom. The van der Waals surface area contributed by atoms with Gasteiger partial charge in [-0.3, -0.25) is 10.7 Å². The van der Waals surface area contributed by atoms with Gasteiger partial charge in [-0.05, 0) is 12.8 Å². The van der Waals surface area contributed by atoms with Gasteiger partial charge in [-0.15, -0.1) is 0 Å². The third kappa shape index (κ3) is 1.92. The van der Waals surface area contributed by atoms with E-state index < -0.39 is 0 Å². The Kier molecular flexibility index (Phi) is 3.09. The first-order valence-corrected chi connectivity index (χ1v) is 4.19. The van der Waals surface area contributed by atoms with Gasteiger partial charge in [0, 0.05) is 5.92 Å². The SMILES string of the molecule is ONC(=S)C1CCCCC1. The van der Waals surface area contributed by atoms with E-state index in [0.717, 1.165) is 12.8 Å². The van der Waals surface area contributed by atoms with Crippen molar-refractivity contribution < 1.29 is 5.21 Å². The van der Waals surface area contributed by atoms with E-state index in [0.29, 0.717) is 10.9 Å². The third-order valence-corrected chi connectivity index (χ3v) is 2.51. The predicted molar refractivity (Wildman–Crippen MR) is 44.1 cm³/mol. The second-order valence-corrected chi connectivity index (χ2v) is 3.25. The monoisotopic (exact) mass is 159 g/mol. The molecule has 0 aromatic rings. The molecule has 2 N–H and O–H groups in total. The molecule has 1 aliphatic carbocycles. The Balaban J connectivity index is 2.31. The number of hydrogen-bond donors (Lipinski definition) is 2. The number of nitrogens with one attached hydrogen (secondary N) is 1. The minimum atomic E-state index is 0.439. The van der Waals surface area contributed by atoms with E-state index in [2.05, 4.69) is 5.48 Å². The minimum Gasteiger partial charge on any atom is -0.291 e. The highest BCUT2D eigenvalue weighted by Gasteiger charge is 2.16. The molecule has 0 saturated heterocycles. The Morgan fingerprint density at radius 2 is 1.90 bits per heavy atom. The molecule has 1 saturated carbocycles. The summed E-state index contributed by atoms with van der Waals surface area (Å²) in [5.41, 5.74) is 2.07. The van der Waals surface area contributed by atoms with Gasteiger partial charge < -0.3 is 0 Å². The summed E-state index contributed by atoms with van der Waals surface area (Å²) in [5, 5.41) is 8.50. The minimum absolute atomic E-state index is 0.439. The van der Waals surface area contributed by atoms with E-state index in [-0.39, 0.29) is 0 Å². The Hall–Kier alpha value is -0.150. The zero-order valence-corrected chi connectivity index (χ0v) is 6.78. The summed E-state index contributed by atoms with van der Waals surface area (Å²) >= 11 is 4.91. The topological polar surface area (TPSA) is 32.3 Å². The van der Waals surface area contributed by atoms with Gasteiger partial charge in [-0.2, -0.15) is 0 Å². The van der Waals surface area contributed by atoms with E-state index in [1.807, 2.05) is 0 Å². The molecule has 2 nitrogen and oxygen atoms in total. The third-order valence-electron chi connectivity index (χ3n) is 2.09. The van der Waals surface area contributed by atoms with Crippen molar-refractivity contribution in [3.05, 3.63) is 0 Å². The van der Waals surface area contributed by atoms with Crippen LogP contribution in [-0.2, 0) is 0 Å². The molecule has 0 bridgehead atoms. The highest BCUT2D eigenvalue weighted by molar-refractivity contribution is 7.80. The molecular weight excluding hydrogens is 146 g/mol. The lowest BCUT2D eigenvalue weighted by Crippen LogP contribution is -2.27. The number of rotatable bonds is 1. The summed E-state index contributed by atoms with van der Waals surface area (Å²) in [6.45, 7) is 0. The number of hydrogen-bond acceptors (Lipinski definition) is 2. The summed E-state index contributed by atoms with van der Waals surface area (Å²) in [5.74, 6) is 0.439. The maximum Gasteiger partial charge on any atom is 0.103 e. The standard InChI is InChI=1S/C7H13NOS/c9-8-7(10)6-4-2-1-3-5-6/h6,9H,1-5H2,(H,8,10). The summed E-state index contributed by atoms with van der Waals surface area (Å²) in [6, 6.07) is 0. The quantitative estimate of drug-likeness (QED) is 0.452. The van der Waals surface area contributed by atoms with E-state index in [1.54, 1.807) is 0 Å². The second-order valence-electron chi connectivity index (χ2n) is 2.81. The molecule has 10 heavy (non-hydrogen) atoms. The Morgan fingerprint density at radius 1 is 1.30 bits per heavy atom. The molecule has 0 heterocycles. The van der Waals surface area contributed by atoms with E-state index >= 15 is 0 Å². The van der Waals surface area contributed by atoms with Crippen LogP contribution in [-0.4, -0.2) is 10.2 Å². The van der Waals surface area contributed by atoms with Crippen LogP contribution in [0.2, 0.25) is 0 Å². The lowest BCUT2D eigenvalue weighted by molar-refractivity contribution is 0.226. The zero-order valence-electron chi connectivity index (χ0n) is 5.97. The molecule has 0 spiro atoms. The lowest BCUT2D eigenvalue weighted by atomic mass is 9.89. The largest absolute Gasteiger partial charge is 0.291 e. The molecule has 0 atom stereocenters. The zero-order chi connectivity index (χ0) is 7.40. The van der Waals surface area contributed by atoms with Crippen LogP contribution in [0.4, 0.5) is 0 Å². The summed E-state index contributed by atoms with van der Waals surface area (Å²) in [7, 11) is 0. The first kappa shape index (κ1) is 7.95. The first-order valence-electron chi connectivity index (χ1n) is 3.78. The van der Waals surface area contributed by atoms with Crippen molar-refractivity contribution in [3.8, 4) is 0 Å². The maximum atomic E-state index is 8.50. The van der Waals surface area contributed by atoms with Gasteiger partial charge in [0.15, 0.2) is 0 Å². The van der Waals surface area contributed by atoms with Gasteiger partial charge in [0.05, 0.1) is 0 Å². The fraction of sp³-hybridized carbons (Fsp3) is 0.857. The van der Waals surface area contributed by atoms with Gasteiger partial charge in [0.25, 0.3) is 0 Å². The fourth-order valence-electron chi connectivity index (χ4n) is 1.46. The first-order chi connectivity index (χ1) is 4.84. The van der Waals surface area contributed by atoms with Crippen molar-refractivity contribution in [2.75, 3.05) is 0 Å². The number of hydroxylamine groups is 1. The smallest absolute Gasteiger partial charge is 0.103 e. The Bertz CT molecular complexity index is 121. The molecule has 0 unspecified atom stereocenters. The van der Waals surface area contributed by atoms with Crippen LogP contribution in [0.25, 0.3) is 0 Å². The van der Waals surface area contributed by atoms with Crippen LogP contribution in [0, 0.1) is 5.92 Å². The van der Waals surface area contributed by atoms with Crippen LogP contribution in [0.1, 0.15) is 32.1 Å². The molecule has 3 heteroatoms. The van der Waals surface area contributed by atoms with Crippen LogP contribution >= 0.6 is 12.2 Å². The molecule has 1 fully saturated rings. The molecule has 1 rings (SSSR count). The molecule has 0 aliphatic heterocycles. The molecule has 0 aromatic carbocycles. The summed E-state index contributed by atoms with van der Waals surface area (Å²) < 4.78 is 0. The van der Waals surface area contributed by atoms with Crippen molar-refractivity contribution in [2.45, 2.75) is 32.1 Å². The molecule has 0 amide bonds. The maximum absolute atomic E-state index is 8.50. The van der Waals surface area contributed by atoms with Gasteiger partial charge in [0.1, 0.15) is 4.99 Å². The fourth-order valence-corrected chi connectivity index (χ4v) is 1.69. The van der Waals surface area contributed by atoms with Gasteiger partial charge >= 0.3 is 0 Å². The van der Waals surface area contributed by atoms with Crippen LogP contribution in [0.15, 0.2) is 0 Å². The molecule has 58 valence electrons. The van der Waals surface area contributed by atoms with E-state index in [4.69, 9.17) is 17.4 Å². The predicted octanol–water partition coefficient (Wildman–Crippen LogP) is 1.87. The molecular formula is C7H13NOS. The van der Waals surface area contributed by atoms with Crippen molar-refractivity contribution >= 4 is 17.2 Å². The van der Waals surface area contributed by atoms with E-state index in [1.165, 1.54) is 19.3 Å². The van der Waals surface area contributed by atoms with Crippen molar-refractivity contribution in [2.24, 2.45) is 5.92 Å².